The third-order valence-electron chi connectivity index (χ3n) is 3.40. The van der Waals surface area contributed by atoms with Gasteiger partial charge in [-0.15, -0.1) is 0 Å². The molecular formula is C16H14ClF3N4O3. The maximum Gasteiger partial charge on any atom is 0.417 e. The summed E-state index contributed by atoms with van der Waals surface area (Å²) in [6, 6.07) is 3.97. The predicted octanol–water partition coefficient (Wildman–Crippen LogP) is 3.01. The topological polar surface area (TPSA) is 95.4 Å². The molecule has 1 aromatic carbocycles. The van der Waals surface area contributed by atoms with Crippen LogP contribution in [-0.4, -0.2) is 52.5 Å². The Morgan fingerprint density at radius 3 is 2.44 bits per heavy atom. The number of carbonyl (C=O) groups excluding carboxylic acids is 1. The van der Waals surface area contributed by atoms with Crippen molar-refractivity contribution in [2.75, 3.05) is 26.0 Å². The van der Waals surface area contributed by atoms with Gasteiger partial charge in [0.05, 0.1) is 17.8 Å². The van der Waals surface area contributed by atoms with Gasteiger partial charge in [-0.2, -0.15) is 13.2 Å². The normalized spacial score (nSPS) is 11.2. The minimum Gasteiger partial charge on any atom is -0.477 e. The van der Waals surface area contributed by atoms with E-state index in [4.69, 9.17) is 11.6 Å². The van der Waals surface area contributed by atoms with E-state index in [-0.39, 0.29) is 34.7 Å². The van der Waals surface area contributed by atoms with Crippen LogP contribution in [0.3, 0.4) is 0 Å². The molecule has 2 N–H and O–H groups in total. The van der Waals surface area contributed by atoms with E-state index < -0.39 is 23.4 Å². The van der Waals surface area contributed by atoms with Crippen LogP contribution in [0.15, 0.2) is 24.3 Å². The van der Waals surface area contributed by atoms with Crippen LogP contribution >= 0.6 is 11.6 Å². The Kier molecular flexibility index (Phi) is 5.89. The Labute approximate surface area is 156 Å². The van der Waals surface area contributed by atoms with Crippen LogP contribution in [0.2, 0.25) is 5.02 Å². The van der Waals surface area contributed by atoms with Crippen molar-refractivity contribution in [2.24, 2.45) is 0 Å². The van der Waals surface area contributed by atoms with Crippen molar-refractivity contribution >= 4 is 29.4 Å². The number of aromatic carboxylic acids is 1. The Morgan fingerprint density at radius 2 is 1.89 bits per heavy atom. The lowest BCUT2D eigenvalue weighted by atomic mass is 10.0. The lowest BCUT2D eigenvalue weighted by Crippen LogP contribution is -2.29. The number of carboxylic acid groups (broad SMARTS) is 1. The number of carbonyl (C=O) groups is 2. The van der Waals surface area contributed by atoms with Gasteiger partial charge in [0.15, 0.2) is 5.69 Å². The van der Waals surface area contributed by atoms with Crippen LogP contribution in [0.25, 0.3) is 11.3 Å². The number of anilines is 1. The number of hydrogen-bond acceptors (Lipinski definition) is 5. The zero-order valence-electron chi connectivity index (χ0n) is 14.1. The van der Waals surface area contributed by atoms with Gasteiger partial charge < -0.3 is 15.3 Å². The molecule has 0 aliphatic rings. The number of amides is 1. The summed E-state index contributed by atoms with van der Waals surface area (Å²) < 4.78 is 40.0. The lowest BCUT2D eigenvalue weighted by molar-refractivity contribution is -0.137. The van der Waals surface area contributed by atoms with Gasteiger partial charge in [-0.05, 0) is 18.2 Å². The molecule has 0 fully saturated rings. The lowest BCUT2D eigenvalue weighted by Gasteiger charge is -2.15. The van der Waals surface area contributed by atoms with E-state index in [0.717, 1.165) is 18.2 Å². The van der Waals surface area contributed by atoms with Gasteiger partial charge in [0.25, 0.3) is 0 Å². The Hall–Kier alpha value is -2.88. The molecule has 11 heteroatoms. The molecule has 0 atom stereocenters. The van der Waals surface area contributed by atoms with Crippen molar-refractivity contribution in [3.8, 4) is 11.3 Å². The van der Waals surface area contributed by atoms with Crippen molar-refractivity contribution in [1.82, 2.24) is 14.9 Å². The van der Waals surface area contributed by atoms with E-state index in [1.165, 1.54) is 25.1 Å². The van der Waals surface area contributed by atoms with Gasteiger partial charge in [-0.1, -0.05) is 17.7 Å². The van der Waals surface area contributed by atoms with E-state index in [0.29, 0.717) is 0 Å². The van der Waals surface area contributed by atoms with Crippen LogP contribution < -0.4 is 5.32 Å². The number of carboxylic acids is 1. The van der Waals surface area contributed by atoms with Crippen LogP contribution in [0.5, 0.6) is 0 Å². The molecule has 1 aromatic heterocycles. The predicted molar refractivity (Wildman–Crippen MR) is 91.6 cm³/mol. The minimum atomic E-state index is -4.73. The van der Waals surface area contributed by atoms with Gasteiger partial charge in [0.2, 0.25) is 11.9 Å². The fourth-order valence-electron chi connectivity index (χ4n) is 2.06. The second-order valence-corrected chi connectivity index (χ2v) is 6.03. The maximum absolute atomic E-state index is 13.3. The fraction of sp³-hybridized carbons (Fsp3) is 0.250. The zero-order chi connectivity index (χ0) is 20.4. The maximum atomic E-state index is 13.3. The van der Waals surface area contributed by atoms with E-state index in [1.54, 1.807) is 0 Å². The molecule has 2 rings (SSSR count). The molecule has 0 saturated carbocycles. The molecular weight excluding hydrogens is 389 g/mol. The molecule has 1 heterocycles. The first-order valence-electron chi connectivity index (χ1n) is 7.42. The number of benzene rings is 1. The molecule has 0 saturated heterocycles. The highest BCUT2D eigenvalue weighted by molar-refractivity contribution is 6.30. The quantitative estimate of drug-likeness (QED) is 0.798. The summed E-state index contributed by atoms with van der Waals surface area (Å²) in [6.07, 6.45) is -4.73. The van der Waals surface area contributed by atoms with Crippen molar-refractivity contribution in [3.63, 3.8) is 0 Å². The number of halogens is 4. The molecule has 0 aliphatic carbocycles. The highest BCUT2D eigenvalue weighted by Crippen LogP contribution is 2.38. The van der Waals surface area contributed by atoms with Crippen LogP contribution in [0.4, 0.5) is 19.1 Å². The Bertz CT molecular complexity index is 888. The summed E-state index contributed by atoms with van der Waals surface area (Å²) >= 11 is 5.66. The van der Waals surface area contributed by atoms with Crippen LogP contribution in [0, 0.1) is 0 Å². The van der Waals surface area contributed by atoms with Crippen LogP contribution in [0.1, 0.15) is 16.1 Å². The van der Waals surface area contributed by atoms with Crippen molar-refractivity contribution < 1.29 is 27.9 Å². The first-order valence-corrected chi connectivity index (χ1v) is 7.80. The van der Waals surface area contributed by atoms with E-state index in [2.05, 4.69) is 15.3 Å². The molecule has 2 aromatic rings. The van der Waals surface area contributed by atoms with Gasteiger partial charge in [-0.3, -0.25) is 4.79 Å². The molecule has 0 spiro atoms. The molecule has 0 bridgehead atoms. The van der Waals surface area contributed by atoms with Crippen molar-refractivity contribution in [1.29, 1.82) is 0 Å². The number of alkyl halides is 3. The van der Waals surface area contributed by atoms with Crippen molar-refractivity contribution in [3.05, 3.63) is 40.5 Å². The third-order valence-corrected chi connectivity index (χ3v) is 3.64. The fourth-order valence-corrected chi connectivity index (χ4v) is 2.23. The molecule has 0 unspecified atom stereocenters. The molecule has 1 amide bonds. The second kappa shape index (κ2) is 7.78. The number of likely N-dealkylation sites (N-methyl/N-ethyl adjacent to an activating group) is 1. The summed E-state index contributed by atoms with van der Waals surface area (Å²) in [7, 11) is 3.01. The van der Waals surface area contributed by atoms with E-state index in [9.17, 15) is 27.9 Å². The standard InChI is InChI=1S/C16H14ClF3N4O3/c1-24(2)13(25)7-21-15-22-11(6-12(23-15)14(26)27)9-4-3-8(17)5-10(9)16(18,19)20/h3-6H,7H2,1-2H3,(H,26,27)(H,21,22,23). The van der Waals surface area contributed by atoms with Gasteiger partial charge in [-0.25, -0.2) is 14.8 Å². The molecule has 0 aliphatic heterocycles. The Morgan fingerprint density at radius 1 is 1.22 bits per heavy atom. The summed E-state index contributed by atoms with van der Waals surface area (Å²) in [6.45, 7) is -0.262. The first-order chi connectivity index (χ1) is 12.5. The van der Waals surface area contributed by atoms with E-state index in [1.807, 2.05) is 0 Å². The average molecular weight is 403 g/mol. The Balaban J connectivity index is 2.54. The third kappa shape index (κ3) is 5.07. The summed E-state index contributed by atoms with van der Waals surface area (Å²) in [4.78, 5) is 31.8. The number of rotatable bonds is 5. The zero-order valence-corrected chi connectivity index (χ0v) is 14.9. The number of nitrogens with one attached hydrogen (secondary N) is 1. The molecule has 144 valence electrons. The summed E-state index contributed by atoms with van der Waals surface area (Å²) in [5.74, 6) is -2.10. The SMILES string of the molecule is CN(C)C(=O)CNc1nc(C(=O)O)cc(-c2ccc(Cl)cc2C(F)(F)F)n1. The largest absolute Gasteiger partial charge is 0.477 e. The molecule has 0 radical (unpaired) electrons. The van der Waals surface area contributed by atoms with E-state index >= 15 is 0 Å². The van der Waals surface area contributed by atoms with Gasteiger partial charge in [0.1, 0.15) is 0 Å². The number of hydrogen-bond donors (Lipinski definition) is 2. The minimum absolute atomic E-state index is 0.131. The first kappa shape index (κ1) is 20.4. The summed E-state index contributed by atoms with van der Waals surface area (Å²) in [5.41, 5.74) is -2.23. The van der Waals surface area contributed by atoms with Gasteiger partial charge >= 0.3 is 12.1 Å². The summed E-state index contributed by atoms with van der Waals surface area (Å²) in [5, 5.41) is 11.6. The van der Waals surface area contributed by atoms with Crippen LogP contribution in [-0.2, 0) is 11.0 Å². The second-order valence-electron chi connectivity index (χ2n) is 5.60. The smallest absolute Gasteiger partial charge is 0.417 e. The highest BCUT2D eigenvalue weighted by Gasteiger charge is 2.34. The number of aromatic nitrogens is 2. The highest BCUT2D eigenvalue weighted by atomic mass is 35.5. The average Bonchev–Trinajstić information content (AvgIpc) is 2.58. The molecule has 7 nitrogen and oxygen atoms in total. The van der Waals surface area contributed by atoms with Gasteiger partial charge in [0, 0.05) is 24.7 Å². The molecule has 27 heavy (non-hydrogen) atoms. The number of nitrogens with zero attached hydrogens (tertiary/aromatic N) is 3. The monoisotopic (exact) mass is 402 g/mol. The van der Waals surface area contributed by atoms with Crippen molar-refractivity contribution in [2.45, 2.75) is 6.18 Å².